The average molecular weight is 146 g/mol. The predicted octanol–water partition coefficient (Wildman–Crippen LogP) is 0.153. The summed E-state index contributed by atoms with van der Waals surface area (Å²) in [5.74, 6) is 0. The summed E-state index contributed by atoms with van der Waals surface area (Å²) in [6.07, 6.45) is 1.15. The third-order valence-corrected chi connectivity index (χ3v) is 0.823. The fourth-order valence-corrected chi connectivity index (χ4v) is 0.406. The summed E-state index contributed by atoms with van der Waals surface area (Å²) in [7, 11) is 6.85. The lowest BCUT2D eigenvalue weighted by Gasteiger charge is -2.08. The number of methoxy groups -OCH3 is 2. The van der Waals surface area contributed by atoms with Gasteiger partial charge in [0.25, 0.3) is 6.41 Å². The fourth-order valence-electron chi connectivity index (χ4n) is 0.406. The van der Waals surface area contributed by atoms with Crippen LogP contribution in [0.5, 0.6) is 0 Å². The van der Waals surface area contributed by atoms with E-state index in [1.165, 1.54) is 0 Å². The number of aliphatic imine (C=N–C) groups is 1. The molecule has 0 aliphatic carbocycles. The van der Waals surface area contributed by atoms with Crippen molar-refractivity contribution in [3.63, 3.8) is 0 Å². The molecule has 0 saturated carbocycles. The first-order chi connectivity index (χ1) is 4.70. The van der Waals surface area contributed by atoms with Crippen molar-refractivity contribution in [2.45, 2.75) is 6.41 Å². The molecule has 4 heteroatoms. The van der Waals surface area contributed by atoms with Gasteiger partial charge in [-0.1, -0.05) is 0 Å². The first kappa shape index (κ1) is 9.39. The zero-order valence-corrected chi connectivity index (χ0v) is 6.87. The van der Waals surface area contributed by atoms with E-state index >= 15 is 0 Å². The Hall–Kier alpha value is -0.610. The molecule has 0 aliphatic rings. The van der Waals surface area contributed by atoms with Gasteiger partial charge in [-0.15, -0.1) is 0 Å². The Labute approximate surface area is 61.4 Å². The van der Waals surface area contributed by atoms with E-state index in [4.69, 9.17) is 9.47 Å². The van der Waals surface area contributed by atoms with Crippen molar-refractivity contribution in [3.8, 4) is 0 Å². The molecule has 0 fully saturated rings. The molecular formula is C6H14N2O2. The molecule has 0 aromatic rings. The normalized spacial score (nSPS) is 11.3. The predicted molar refractivity (Wildman–Crippen MR) is 40.0 cm³/mol. The van der Waals surface area contributed by atoms with Gasteiger partial charge in [0, 0.05) is 28.3 Å². The van der Waals surface area contributed by atoms with E-state index in [1.807, 2.05) is 19.0 Å². The molecule has 0 aromatic carbocycles. The van der Waals surface area contributed by atoms with Crippen molar-refractivity contribution in [1.29, 1.82) is 0 Å². The first-order valence-corrected chi connectivity index (χ1v) is 2.96. The minimum absolute atomic E-state index is 0.484. The number of rotatable bonds is 4. The van der Waals surface area contributed by atoms with Gasteiger partial charge in [0.05, 0.1) is 6.34 Å². The van der Waals surface area contributed by atoms with Gasteiger partial charge in [-0.3, -0.25) is 0 Å². The van der Waals surface area contributed by atoms with Crippen molar-refractivity contribution < 1.29 is 9.47 Å². The van der Waals surface area contributed by atoms with Gasteiger partial charge in [0.15, 0.2) is 0 Å². The molecule has 0 amide bonds. The summed E-state index contributed by atoms with van der Waals surface area (Å²) in [5, 5.41) is 0. The van der Waals surface area contributed by atoms with Gasteiger partial charge >= 0.3 is 0 Å². The van der Waals surface area contributed by atoms with Crippen LogP contribution in [0.15, 0.2) is 4.99 Å². The molecule has 0 aliphatic heterocycles. The third-order valence-electron chi connectivity index (χ3n) is 0.823. The van der Waals surface area contributed by atoms with Gasteiger partial charge in [-0.05, 0) is 0 Å². The van der Waals surface area contributed by atoms with Crippen molar-refractivity contribution in [1.82, 2.24) is 4.90 Å². The second kappa shape index (κ2) is 5.20. The molecular weight excluding hydrogens is 132 g/mol. The monoisotopic (exact) mass is 146 g/mol. The number of hydrogen-bond acceptors (Lipinski definition) is 3. The highest BCUT2D eigenvalue weighted by molar-refractivity contribution is 5.53. The Morgan fingerprint density at radius 1 is 1.30 bits per heavy atom. The largest absolute Gasteiger partial charge is 0.369 e. The zero-order valence-electron chi connectivity index (χ0n) is 6.87. The van der Waals surface area contributed by atoms with Crippen molar-refractivity contribution in [2.24, 2.45) is 4.99 Å². The van der Waals surface area contributed by atoms with Crippen molar-refractivity contribution in [2.75, 3.05) is 28.3 Å². The van der Waals surface area contributed by atoms with E-state index in [0.29, 0.717) is 0 Å². The Morgan fingerprint density at radius 2 is 1.80 bits per heavy atom. The SMILES string of the molecule is COC(/N=C/N(C)C)OC. The second-order valence-corrected chi connectivity index (χ2v) is 2.01. The molecule has 0 unspecified atom stereocenters. The molecule has 0 heterocycles. The van der Waals surface area contributed by atoms with E-state index in [0.717, 1.165) is 0 Å². The van der Waals surface area contributed by atoms with Crippen molar-refractivity contribution >= 4 is 6.34 Å². The molecule has 10 heavy (non-hydrogen) atoms. The van der Waals surface area contributed by atoms with Crippen LogP contribution in [0.1, 0.15) is 0 Å². The van der Waals surface area contributed by atoms with Crippen LogP contribution in [-0.2, 0) is 9.47 Å². The smallest absolute Gasteiger partial charge is 0.259 e. The highest BCUT2D eigenvalue weighted by Crippen LogP contribution is 1.89. The number of hydrogen-bond donors (Lipinski definition) is 0. The average Bonchev–Trinajstić information content (AvgIpc) is 1.90. The van der Waals surface area contributed by atoms with Crippen LogP contribution in [0, 0.1) is 0 Å². The molecule has 0 saturated heterocycles. The maximum atomic E-state index is 4.80. The maximum Gasteiger partial charge on any atom is 0.259 e. The van der Waals surface area contributed by atoms with Gasteiger partial charge in [0.2, 0.25) is 0 Å². The molecule has 0 radical (unpaired) electrons. The minimum Gasteiger partial charge on any atom is -0.369 e. The summed E-state index contributed by atoms with van der Waals surface area (Å²) in [6.45, 7) is 0. The van der Waals surface area contributed by atoms with E-state index in [2.05, 4.69) is 4.99 Å². The summed E-state index contributed by atoms with van der Waals surface area (Å²) >= 11 is 0. The highest BCUT2D eigenvalue weighted by Gasteiger charge is 1.97. The van der Waals surface area contributed by atoms with Gasteiger partial charge in [-0.25, -0.2) is 4.99 Å². The standard InChI is InChI=1S/C6H14N2O2/c1-8(2)5-7-6(9-3)10-4/h5-6H,1-4H3/b7-5+. The van der Waals surface area contributed by atoms with Crippen LogP contribution < -0.4 is 0 Å². The van der Waals surface area contributed by atoms with Crippen LogP contribution in [0.25, 0.3) is 0 Å². The summed E-state index contributed by atoms with van der Waals surface area (Å²) < 4.78 is 9.61. The van der Waals surface area contributed by atoms with E-state index in [1.54, 1.807) is 20.6 Å². The van der Waals surface area contributed by atoms with E-state index < -0.39 is 6.41 Å². The summed E-state index contributed by atoms with van der Waals surface area (Å²) in [6, 6.07) is 0. The van der Waals surface area contributed by atoms with E-state index in [9.17, 15) is 0 Å². The Bertz CT molecular complexity index is 99.9. The van der Waals surface area contributed by atoms with Crippen LogP contribution >= 0.6 is 0 Å². The van der Waals surface area contributed by atoms with Crippen LogP contribution in [0.4, 0.5) is 0 Å². The second-order valence-electron chi connectivity index (χ2n) is 2.01. The minimum atomic E-state index is -0.484. The molecule has 0 spiro atoms. The zero-order chi connectivity index (χ0) is 7.98. The lowest BCUT2D eigenvalue weighted by atomic mass is 10.9. The third kappa shape index (κ3) is 4.29. The molecule has 0 rings (SSSR count). The molecule has 0 N–H and O–H groups in total. The van der Waals surface area contributed by atoms with Gasteiger partial charge in [0.1, 0.15) is 0 Å². The van der Waals surface area contributed by atoms with Crippen LogP contribution in [-0.4, -0.2) is 46.0 Å². The van der Waals surface area contributed by atoms with Crippen molar-refractivity contribution in [3.05, 3.63) is 0 Å². The van der Waals surface area contributed by atoms with Gasteiger partial charge < -0.3 is 14.4 Å². The topological polar surface area (TPSA) is 34.1 Å². The summed E-state index contributed by atoms with van der Waals surface area (Å²) in [4.78, 5) is 5.73. The Morgan fingerprint density at radius 3 is 2.10 bits per heavy atom. The lowest BCUT2D eigenvalue weighted by Crippen LogP contribution is -2.14. The Kier molecular flexibility index (Phi) is 4.88. The first-order valence-electron chi connectivity index (χ1n) is 2.96. The number of ether oxygens (including phenoxy) is 2. The quantitative estimate of drug-likeness (QED) is 0.322. The molecule has 60 valence electrons. The lowest BCUT2D eigenvalue weighted by molar-refractivity contribution is -0.0946. The van der Waals surface area contributed by atoms with E-state index in [-0.39, 0.29) is 0 Å². The summed E-state index contributed by atoms with van der Waals surface area (Å²) in [5.41, 5.74) is 0. The fraction of sp³-hybridized carbons (Fsp3) is 0.833. The molecule has 4 nitrogen and oxygen atoms in total. The molecule has 0 aromatic heterocycles. The van der Waals surface area contributed by atoms with Gasteiger partial charge in [-0.2, -0.15) is 0 Å². The van der Waals surface area contributed by atoms with Crippen LogP contribution in [0.2, 0.25) is 0 Å². The molecule has 0 atom stereocenters. The highest BCUT2D eigenvalue weighted by atomic mass is 16.7. The van der Waals surface area contributed by atoms with Crippen LogP contribution in [0.3, 0.4) is 0 Å². The number of nitrogens with zero attached hydrogens (tertiary/aromatic N) is 2. The Balaban J connectivity index is 3.61. The maximum absolute atomic E-state index is 4.80. The molecule has 0 bridgehead atoms.